The summed E-state index contributed by atoms with van der Waals surface area (Å²) >= 11 is 0. The first-order valence-corrected chi connectivity index (χ1v) is 9.64. The molecule has 1 heterocycles. The van der Waals surface area contributed by atoms with Crippen LogP contribution in [0.5, 0.6) is 0 Å². The minimum Gasteiger partial charge on any atom is -0.353 e. The highest BCUT2D eigenvalue weighted by molar-refractivity contribution is 5.90. The molecule has 1 saturated heterocycles. The van der Waals surface area contributed by atoms with Crippen LogP contribution in [0.2, 0.25) is 0 Å². The van der Waals surface area contributed by atoms with Gasteiger partial charge in [-0.15, -0.1) is 0 Å². The summed E-state index contributed by atoms with van der Waals surface area (Å²) in [6, 6.07) is 9.67. The first-order valence-electron chi connectivity index (χ1n) is 9.64. The van der Waals surface area contributed by atoms with Crippen LogP contribution in [0.25, 0.3) is 0 Å². The van der Waals surface area contributed by atoms with Crippen LogP contribution >= 0.6 is 0 Å². The zero-order valence-electron chi connectivity index (χ0n) is 14.9. The van der Waals surface area contributed by atoms with E-state index >= 15 is 0 Å². The molecule has 0 unspecified atom stereocenters. The molecule has 25 heavy (non-hydrogen) atoms. The lowest BCUT2D eigenvalue weighted by Gasteiger charge is -2.33. The van der Waals surface area contributed by atoms with Crippen molar-refractivity contribution in [3.05, 3.63) is 30.3 Å². The van der Waals surface area contributed by atoms with Gasteiger partial charge in [0.25, 0.3) is 0 Å². The molecule has 5 nitrogen and oxygen atoms in total. The number of carbonyl (C=O) groups is 2. The van der Waals surface area contributed by atoms with Gasteiger partial charge in [0.2, 0.25) is 5.91 Å². The van der Waals surface area contributed by atoms with Crippen molar-refractivity contribution in [1.82, 2.24) is 10.2 Å². The molecule has 1 aliphatic heterocycles. The Morgan fingerprint density at radius 2 is 1.64 bits per heavy atom. The molecule has 0 spiro atoms. The van der Waals surface area contributed by atoms with Crippen molar-refractivity contribution in [3.63, 3.8) is 0 Å². The third-order valence-electron chi connectivity index (χ3n) is 5.31. The molecule has 3 rings (SSSR count). The lowest BCUT2D eigenvalue weighted by molar-refractivity contribution is -0.127. The van der Waals surface area contributed by atoms with E-state index in [2.05, 4.69) is 10.6 Å². The number of amides is 3. The number of benzene rings is 1. The monoisotopic (exact) mass is 343 g/mol. The van der Waals surface area contributed by atoms with Crippen LogP contribution in [0.15, 0.2) is 30.3 Å². The molecule has 136 valence electrons. The summed E-state index contributed by atoms with van der Waals surface area (Å²) < 4.78 is 0. The smallest absolute Gasteiger partial charge is 0.321 e. The zero-order chi connectivity index (χ0) is 17.5. The SMILES string of the molecule is O=C(NC1CCCCCC1)[C@H]1CCCN(C(=O)Nc2ccccc2)C1. The van der Waals surface area contributed by atoms with Crippen LogP contribution in [-0.4, -0.2) is 36.0 Å². The Labute approximate surface area is 150 Å². The molecule has 1 aromatic rings. The van der Waals surface area contributed by atoms with Gasteiger partial charge in [-0.25, -0.2) is 4.79 Å². The van der Waals surface area contributed by atoms with Crippen molar-refractivity contribution < 1.29 is 9.59 Å². The molecule has 0 aromatic heterocycles. The Hall–Kier alpha value is -2.04. The van der Waals surface area contributed by atoms with E-state index in [0.29, 0.717) is 19.1 Å². The van der Waals surface area contributed by atoms with E-state index in [1.54, 1.807) is 4.90 Å². The minimum atomic E-state index is -0.113. The Bertz CT molecular complexity index is 568. The predicted molar refractivity (Wildman–Crippen MR) is 99.4 cm³/mol. The number of anilines is 1. The molecule has 1 saturated carbocycles. The first kappa shape index (κ1) is 17.8. The van der Waals surface area contributed by atoms with Crippen molar-refractivity contribution in [3.8, 4) is 0 Å². The number of piperidine rings is 1. The van der Waals surface area contributed by atoms with Crippen LogP contribution in [0, 0.1) is 5.92 Å². The quantitative estimate of drug-likeness (QED) is 0.821. The van der Waals surface area contributed by atoms with Crippen LogP contribution in [-0.2, 0) is 4.79 Å². The summed E-state index contributed by atoms with van der Waals surface area (Å²) in [5, 5.41) is 6.16. The van der Waals surface area contributed by atoms with Gasteiger partial charge in [0.15, 0.2) is 0 Å². The molecule has 0 bridgehead atoms. The Morgan fingerprint density at radius 1 is 0.920 bits per heavy atom. The van der Waals surface area contributed by atoms with E-state index in [1.165, 1.54) is 25.7 Å². The van der Waals surface area contributed by atoms with Gasteiger partial charge < -0.3 is 15.5 Å². The van der Waals surface area contributed by atoms with Crippen LogP contribution in [0.4, 0.5) is 10.5 Å². The molecule has 2 aliphatic rings. The highest BCUT2D eigenvalue weighted by Crippen LogP contribution is 2.21. The van der Waals surface area contributed by atoms with Gasteiger partial charge in [-0.2, -0.15) is 0 Å². The molecule has 1 aromatic carbocycles. The van der Waals surface area contributed by atoms with Crippen molar-refractivity contribution in [1.29, 1.82) is 0 Å². The summed E-state index contributed by atoms with van der Waals surface area (Å²) in [4.78, 5) is 26.9. The van der Waals surface area contributed by atoms with E-state index in [-0.39, 0.29) is 17.9 Å². The normalized spacial score (nSPS) is 22.1. The van der Waals surface area contributed by atoms with E-state index in [0.717, 1.165) is 31.4 Å². The number of likely N-dealkylation sites (tertiary alicyclic amines) is 1. The van der Waals surface area contributed by atoms with E-state index in [1.807, 2.05) is 30.3 Å². The fourth-order valence-electron chi connectivity index (χ4n) is 3.84. The van der Waals surface area contributed by atoms with Crippen LogP contribution in [0.3, 0.4) is 0 Å². The Balaban J connectivity index is 1.51. The second kappa shape index (κ2) is 8.88. The van der Waals surface area contributed by atoms with Crippen molar-refractivity contribution in [2.24, 2.45) is 5.92 Å². The largest absolute Gasteiger partial charge is 0.353 e. The maximum atomic E-state index is 12.6. The highest BCUT2D eigenvalue weighted by atomic mass is 16.2. The minimum absolute atomic E-state index is 0.0847. The molecule has 5 heteroatoms. The molecule has 2 N–H and O–H groups in total. The highest BCUT2D eigenvalue weighted by Gasteiger charge is 2.29. The summed E-state index contributed by atoms with van der Waals surface area (Å²) in [7, 11) is 0. The molecule has 1 atom stereocenters. The number of urea groups is 1. The number of carbonyl (C=O) groups excluding carboxylic acids is 2. The third-order valence-corrected chi connectivity index (χ3v) is 5.31. The first-order chi connectivity index (χ1) is 12.2. The standard InChI is InChI=1S/C20H29N3O2/c24-19(21-17-10-4-1-2-5-11-17)16-9-8-14-23(15-16)20(25)22-18-12-6-3-7-13-18/h3,6-7,12-13,16-17H,1-2,4-5,8-11,14-15H2,(H,21,24)(H,22,25)/t16-/m0/s1. The summed E-state index contributed by atoms with van der Waals surface area (Å²) in [6.07, 6.45) is 8.92. The summed E-state index contributed by atoms with van der Waals surface area (Å²) in [5.41, 5.74) is 0.789. The van der Waals surface area contributed by atoms with Crippen molar-refractivity contribution in [2.75, 3.05) is 18.4 Å². The lowest BCUT2D eigenvalue weighted by atomic mass is 9.96. The maximum absolute atomic E-state index is 12.6. The van der Waals surface area contributed by atoms with Gasteiger partial charge in [-0.3, -0.25) is 4.79 Å². The molecule has 2 fully saturated rings. The molecule has 0 radical (unpaired) electrons. The maximum Gasteiger partial charge on any atom is 0.321 e. The van der Waals surface area contributed by atoms with Gasteiger partial charge in [0.05, 0.1) is 5.92 Å². The molecule has 3 amide bonds. The van der Waals surface area contributed by atoms with E-state index < -0.39 is 0 Å². The average molecular weight is 343 g/mol. The fourth-order valence-corrected chi connectivity index (χ4v) is 3.84. The second-order valence-electron chi connectivity index (χ2n) is 7.28. The molecule has 1 aliphatic carbocycles. The number of hydrogen-bond donors (Lipinski definition) is 2. The van der Waals surface area contributed by atoms with Crippen LogP contribution in [0.1, 0.15) is 51.4 Å². The second-order valence-corrected chi connectivity index (χ2v) is 7.28. The molecular weight excluding hydrogens is 314 g/mol. The summed E-state index contributed by atoms with van der Waals surface area (Å²) in [5.74, 6) is 0.0441. The number of nitrogens with one attached hydrogen (secondary N) is 2. The van der Waals surface area contributed by atoms with Gasteiger partial charge >= 0.3 is 6.03 Å². The van der Waals surface area contributed by atoms with Crippen molar-refractivity contribution >= 4 is 17.6 Å². The number of rotatable bonds is 3. The molecular formula is C20H29N3O2. The van der Waals surface area contributed by atoms with Crippen LogP contribution < -0.4 is 10.6 Å². The van der Waals surface area contributed by atoms with Gasteiger partial charge in [0.1, 0.15) is 0 Å². The van der Waals surface area contributed by atoms with E-state index in [4.69, 9.17) is 0 Å². The zero-order valence-corrected chi connectivity index (χ0v) is 14.9. The Morgan fingerprint density at radius 3 is 2.36 bits per heavy atom. The van der Waals surface area contributed by atoms with Crippen molar-refractivity contribution in [2.45, 2.75) is 57.4 Å². The fraction of sp³-hybridized carbons (Fsp3) is 0.600. The third kappa shape index (κ3) is 5.21. The number of para-hydroxylation sites is 1. The van der Waals surface area contributed by atoms with Gasteiger partial charge in [0, 0.05) is 24.8 Å². The number of nitrogens with zero attached hydrogens (tertiary/aromatic N) is 1. The lowest BCUT2D eigenvalue weighted by Crippen LogP contribution is -2.48. The van der Waals surface area contributed by atoms with Gasteiger partial charge in [-0.1, -0.05) is 43.9 Å². The number of hydrogen-bond acceptors (Lipinski definition) is 2. The summed E-state index contributed by atoms with van der Waals surface area (Å²) in [6.45, 7) is 1.23. The Kier molecular flexibility index (Phi) is 6.31. The van der Waals surface area contributed by atoms with E-state index in [9.17, 15) is 9.59 Å². The average Bonchev–Trinajstić information content (AvgIpc) is 2.91. The van der Waals surface area contributed by atoms with Gasteiger partial charge in [-0.05, 0) is 37.8 Å². The topological polar surface area (TPSA) is 61.4 Å². The predicted octanol–water partition coefficient (Wildman–Crippen LogP) is 3.77.